The van der Waals surface area contributed by atoms with Crippen molar-refractivity contribution in [3.63, 3.8) is 0 Å². The molecule has 0 spiro atoms. The zero-order chi connectivity index (χ0) is 15.9. The molecule has 0 aliphatic heterocycles. The molecule has 0 radical (unpaired) electrons. The number of aromatic nitrogens is 2. The van der Waals surface area contributed by atoms with Crippen LogP contribution in [0.3, 0.4) is 0 Å². The number of carbonyl (C=O) groups excluding carboxylic acids is 1. The van der Waals surface area contributed by atoms with Crippen LogP contribution in [0.15, 0.2) is 30.3 Å². The van der Waals surface area contributed by atoms with E-state index in [1.165, 1.54) is 7.11 Å². The lowest BCUT2D eigenvalue weighted by Crippen LogP contribution is -2.02. The Kier molecular flexibility index (Phi) is 3.50. The number of nitrogen functional groups attached to an aromatic ring is 1. The van der Waals surface area contributed by atoms with E-state index >= 15 is 0 Å². The molecule has 0 aliphatic carbocycles. The number of aryl methyl sites for hydroxylation is 1. The first kappa shape index (κ1) is 14.4. The molecule has 112 valence electrons. The number of benzene rings is 2. The summed E-state index contributed by atoms with van der Waals surface area (Å²) in [5, 5.41) is 0.614. The van der Waals surface area contributed by atoms with E-state index in [4.69, 9.17) is 22.1 Å². The maximum atomic E-state index is 12.0. The van der Waals surface area contributed by atoms with Gasteiger partial charge in [-0.2, -0.15) is 0 Å². The van der Waals surface area contributed by atoms with Gasteiger partial charge in [-0.1, -0.05) is 23.7 Å². The third-order valence-corrected chi connectivity index (χ3v) is 3.76. The Morgan fingerprint density at radius 3 is 2.77 bits per heavy atom. The highest BCUT2D eigenvalue weighted by Gasteiger charge is 2.17. The smallest absolute Gasteiger partial charge is 0.340 e. The monoisotopic (exact) mass is 315 g/mol. The second kappa shape index (κ2) is 5.35. The van der Waals surface area contributed by atoms with Crippen molar-refractivity contribution < 1.29 is 9.53 Å². The summed E-state index contributed by atoms with van der Waals surface area (Å²) in [6.45, 7) is 1.97. The molecule has 6 heteroatoms. The van der Waals surface area contributed by atoms with Crippen LogP contribution in [0, 0.1) is 6.92 Å². The summed E-state index contributed by atoms with van der Waals surface area (Å²) < 4.78 is 4.83. The molecule has 0 aliphatic rings. The van der Waals surface area contributed by atoms with Crippen LogP contribution in [0.25, 0.3) is 22.2 Å². The summed E-state index contributed by atoms with van der Waals surface area (Å²) in [6, 6.07) is 9.33. The van der Waals surface area contributed by atoms with Gasteiger partial charge < -0.3 is 15.5 Å². The molecule has 0 saturated carbocycles. The van der Waals surface area contributed by atoms with Crippen molar-refractivity contribution in [2.24, 2.45) is 0 Å². The molecule has 2 aromatic carbocycles. The number of anilines is 1. The van der Waals surface area contributed by atoms with E-state index < -0.39 is 5.97 Å². The fraction of sp³-hybridized carbons (Fsp3) is 0.125. The van der Waals surface area contributed by atoms with E-state index in [0.717, 1.165) is 16.7 Å². The van der Waals surface area contributed by atoms with Crippen LogP contribution >= 0.6 is 11.6 Å². The van der Waals surface area contributed by atoms with Gasteiger partial charge in [0.15, 0.2) is 5.95 Å². The molecule has 3 aromatic rings. The normalized spacial score (nSPS) is 10.9. The summed E-state index contributed by atoms with van der Waals surface area (Å²) in [5.41, 5.74) is 9.87. The number of halogens is 1. The highest BCUT2D eigenvalue weighted by Crippen LogP contribution is 2.32. The molecule has 0 fully saturated rings. The van der Waals surface area contributed by atoms with Gasteiger partial charge in [-0.05, 0) is 36.2 Å². The molecule has 22 heavy (non-hydrogen) atoms. The summed E-state index contributed by atoms with van der Waals surface area (Å²) in [4.78, 5) is 19.1. The number of carbonyl (C=O) groups is 1. The number of nitrogens with zero attached hydrogens (tertiary/aromatic N) is 1. The number of H-pyrrole nitrogens is 1. The molecule has 0 saturated heterocycles. The van der Waals surface area contributed by atoms with E-state index in [0.29, 0.717) is 21.6 Å². The molecule has 5 nitrogen and oxygen atoms in total. The third kappa shape index (κ3) is 2.40. The van der Waals surface area contributed by atoms with Gasteiger partial charge in [0.1, 0.15) is 5.52 Å². The number of rotatable bonds is 2. The number of hydrogen-bond donors (Lipinski definition) is 2. The van der Waals surface area contributed by atoms with Gasteiger partial charge in [-0.3, -0.25) is 0 Å². The minimum Gasteiger partial charge on any atom is -0.465 e. The van der Waals surface area contributed by atoms with Crippen LogP contribution in [0.2, 0.25) is 5.02 Å². The van der Waals surface area contributed by atoms with Crippen LogP contribution in [-0.4, -0.2) is 23.0 Å². The van der Waals surface area contributed by atoms with E-state index in [1.54, 1.807) is 6.07 Å². The summed E-state index contributed by atoms with van der Waals surface area (Å²) in [7, 11) is 1.33. The van der Waals surface area contributed by atoms with Crippen molar-refractivity contribution in [3.05, 3.63) is 46.5 Å². The molecule has 0 unspecified atom stereocenters. The largest absolute Gasteiger partial charge is 0.465 e. The van der Waals surface area contributed by atoms with E-state index in [1.807, 2.05) is 31.2 Å². The van der Waals surface area contributed by atoms with Crippen LogP contribution in [-0.2, 0) is 4.74 Å². The number of nitrogens with two attached hydrogens (primary N) is 1. The highest BCUT2D eigenvalue weighted by molar-refractivity contribution is 6.33. The fourth-order valence-electron chi connectivity index (χ4n) is 2.41. The van der Waals surface area contributed by atoms with Crippen molar-refractivity contribution in [3.8, 4) is 11.1 Å². The number of methoxy groups -OCH3 is 1. The van der Waals surface area contributed by atoms with Crippen molar-refractivity contribution >= 4 is 34.6 Å². The second-order valence-corrected chi connectivity index (χ2v) is 5.42. The van der Waals surface area contributed by atoms with Gasteiger partial charge in [-0.25, -0.2) is 9.78 Å². The summed E-state index contributed by atoms with van der Waals surface area (Å²) in [6.07, 6.45) is 0. The van der Waals surface area contributed by atoms with Crippen molar-refractivity contribution in [2.75, 3.05) is 12.8 Å². The zero-order valence-electron chi connectivity index (χ0n) is 12.1. The van der Waals surface area contributed by atoms with Gasteiger partial charge in [0, 0.05) is 10.6 Å². The Hall–Kier alpha value is -2.53. The van der Waals surface area contributed by atoms with E-state index in [-0.39, 0.29) is 5.95 Å². The number of esters is 1. The molecule has 0 bridgehead atoms. The SMILES string of the molecule is COC(=O)c1cc(-c2ccc(C)cc2Cl)cc2[nH]c(N)nc12. The van der Waals surface area contributed by atoms with Crippen molar-refractivity contribution in [2.45, 2.75) is 6.92 Å². The van der Waals surface area contributed by atoms with Crippen LogP contribution in [0.4, 0.5) is 5.95 Å². The Balaban J connectivity index is 2.28. The van der Waals surface area contributed by atoms with Crippen molar-refractivity contribution in [1.29, 1.82) is 0 Å². The predicted molar refractivity (Wildman–Crippen MR) is 87.0 cm³/mol. The van der Waals surface area contributed by atoms with E-state index in [9.17, 15) is 4.79 Å². The summed E-state index contributed by atoms with van der Waals surface area (Å²) in [5.74, 6) is -0.228. The van der Waals surface area contributed by atoms with Gasteiger partial charge >= 0.3 is 5.97 Å². The fourth-order valence-corrected chi connectivity index (χ4v) is 2.76. The third-order valence-electron chi connectivity index (χ3n) is 3.45. The first-order valence-electron chi connectivity index (χ1n) is 6.63. The first-order valence-corrected chi connectivity index (χ1v) is 7.01. The average Bonchev–Trinajstić information content (AvgIpc) is 2.85. The van der Waals surface area contributed by atoms with E-state index in [2.05, 4.69) is 9.97 Å². The average molecular weight is 316 g/mol. The minimum absolute atomic E-state index is 0.243. The quantitative estimate of drug-likeness (QED) is 0.708. The topological polar surface area (TPSA) is 81.0 Å². The number of ether oxygens (including phenoxy) is 1. The second-order valence-electron chi connectivity index (χ2n) is 5.02. The molecule has 3 rings (SSSR count). The zero-order valence-corrected chi connectivity index (χ0v) is 12.9. The Bertz CT molecular complexity index is 886. The number of imidazole rings is 1. The maximum absolute atomic E-state index is 12.0. The van der Waals surface area contributed by atoms with Crippen molar-refractivity contribution in [1.82, 2.24) is 9.97 Å². The lowest BCUT2D eigenvalue weighted by molar-refractivity contribution is 0.0603. The molecular formula is C16H14ClN3O2. The molecule has 0 atom stereocenters. The molecule has 1 aromatic heterocycles. The number of hydrogen-bond acceptors (Lipinski definition) is 4. The Morgan fingerprint density at radius 2 is 2.09 bits per heavy atom. The number of fused-ring (bicyclic) bond motifs is 1. The van der Waals surface area contributed by atoms with Crippen LogP contribution in [0.5, 0.6) is 0 Å². The lowest BCUT2D eigenvalue weighted by Gasteiger charge is -2.08. The minimum atomic E-state index is -0.471. The maximum Gasteiger partial charge on any atom is 0.340 e. The van der Waals surface area contributed by atoms with Gasteiger partial charge in [0.25, 0.3) is 0 Å². The molecule has 0 amide bonds. The molecular weight excluding hydrogens is 302 g/mol. The number of aromatic amines is 1. The lowest BCUT2D eigenvalue weighted by atomic mass is 10.0. The number of nitrogens with one attached hydrogen (secondary N) is 1. The summed E-state index contributed by atoms with van der Waals surface area (Å²) >= 11 is 6.32. The van der Waals surface area contributed by atoms with Gasteiger partial charge in [0.05, 0.1) is 18.2 Å². The van der Waals surface area contributed by atoms with Gasteiger partial charge in [-0.15, -0.1) is 0 Å². The first-order chi connectivity index (χ1) is 10.5. The Labute approximate surface area is 132 Å². The van der Waals surface area contributed by atoms with Crippen LogP contribution in [0.1, 0.15) is 15.9 Å². The Morgan fingerprint density at radius 1 is 1.32 bits per heavy atom. The molecule has 1 heterocycles. The standard InChI is InChI=1S/C16H14ClN3O2/c1-8-3-4-10(12(17)5-8)9-6-11(15(21)22-2)14-13(7-9)19-16(18)20-14/h3-7H,1-2H3,(H3,18,19,20). The predicted octanol–water partition coefficient (Wildman–Crippen LogP) is 3.56. The molecule has 3 N–H and O–H groups in total. The van der Waals surface area contributed by atoms with Crippen LogP contribution < -0.4 is 5.73 Å². The highest BCUT2D eigenvalue weighted by atomic mass is 35.5. The van der Waals surface area contributed by atoms with Gasteiger partial charge in [0.2, 0.25) is 0 Å².